The molecule has 0 radical (unpaired) electrons. The molecule has 5 heteroatoms. The Bertz CT molecular complexity index is 350. The van der Waals surface area contributed by atoms with Gasteiger partial charge < -0.3 is 5.11 Å². The second kappa shape index (κ2) is 3.92. The Morgan fingerprint density at radius 3 is 3.00 bits per heavy atom. The summed E-state index contributed by atoms with van der Waals surface area (Å²) in [7, 11) is 0. The average Bonchev–Trinajstić information content (AvgIpc) is 2.71. The van der Waals surface area contributed by atoms with Gasteiger partial charge in [0.2, 0.25) is 0 Å². The lowest BCUT2D eigenvalue weighted by Crippen LogP contribution is -2.33. The van der Waals surface area contributed by atoms with E-state index >= 15 is 0 Å². The van der Waals surface area contributed by atoms with Gasteiger partial charge in [-0.25, -0.2) is 0 Å². The number of rotatable bonds is 2. The van der Waals surface area contributed by atoms with Gasteiger partial charge >= 0.3 is 5.97 Å². The monoisotopic (exact) mass is 229 g/mol. The first kappa shape index (κ1) is 10.0. The molecule has 76 valence electrons. The van der Waals surface area contributed by atoms with Crippen molar-refractivity contribution in [1.82, 2.24) is 5.32 Å². The van der Waals surface area contributed by atoms with Crippen LogP contribution in [0, 0.1) is 6.92 Å². The predicted molar refractivity (Wildman–Crippen MR) is 58.8 cm³/mol. The Labute approximate surface area is 90.5 Å². The predicted octanol–water partition coefficient (Wildman–Crippen LogP) is 1.84. The molecular formula is C9H11NO2S2. The standard InChI is InChI=1S/C9H11NO2S2/c1-5-2-3-13-7(5)8-10-6(4-14-8)9(11)12/h2-3,6,8,10H,4H2,1H3,(H,11,12)/t6-,8+/m0/s1. The van der Waals surface area contributed by atoms with Crippen LogP contribution in [0.25, 0.3) is 0 Å². The number of aryl methyl sites for hydroxylation is 1. The fraction of sp³-hybridized carbons (Fsp3) is 0.444. The summed E-state index contributed by atoms with van der Waals surface area (Å²) < 4.78 is 0. The molecule has 1 aromatic rings. The minimum atomic E-state index is -0.755. The van der Waals surface area contributed by atoms with Crippen LogP contribution in [0.5, 0.6) is 0 Å². The summed E-state index contributed by atoms with van der Waals surface area (Å²) in [5.74, 6) is -0.105. The first-order chi connectivity index (χ1) is 6.68. The fourth-order valence-corrected chi connectivity index (χ4v) is 3.87. The second-order valence-corrected chi connectivity index (χ2v) is 5.32. The summed E-state index contributed by atoms with van der Waals surface area (Å²) in [4.78, 5) is 12.0. The maximum atomic E-state index is 10.7. The lowest BCUT2D eigenvalue weighted by atomic mass is 10.2. The molecular weight excluding hydrogens is 218 g/mol. The zero-order valence-electron chi connectivity index (χ0n) is 7.69. The van der Waals surface area contributed by atoms with Crippen molar-refractivity contribution < 1.29 is 9.90 Å². The number of nitrogens with one attached hydrogen (secondary N) is 1. The van der Waals surface area contributed by atoms with Crippen molar-refractivity contribution in [2.75, 3.05) is 5.75 Å². The van der Waals surface area contributed by atoms with Crippen LogP contribution in [0.2, 0.25) is 0 Å². The van der Waals surface area contributed by atoms with E-state index in [0.717, 1.165) is 0 Å². The molecule has 0 amide bonds. The number of carboxylic acid groups (broad SMARTS) is 1. The van der Waals surface area contributed by atoms with Gasteiger partial charge in [0.15, 0.2) is 0 Å². The third-order valence-corrected chi connectivity index (χ3v) is 4.68. The number of thiophene rings is 1. The number of carboxylic acids is 1. The number of hydrogen-bond acceptors (Lipinski definition) is 4. The lowest BCUT2D eigenvalue weighted by molar-refractivity contribution is -0.138. The molecule has 1 fully saturated rings. The zero-order valence-corrected chi connectivity index (χ0v) is 9.32. The van der Waals surface area contributed by atoms with E-state index < -0.39 is 12.0 Å². The highest BCUT2D eigenvalue weighted by atomic mass is 32.2. The summed E-state index contributed by atoms with van der Waals surface area (Å²) in [6.07, 6.45) is 0. The van der Waals surface area contributed by atoms with Crippen molar-refractivity contribution in [3.63, 3.8) is 0 Å². The molecule has 1 aromatic heterocycles. The van der Waals surface area contributed by atoms with Gasteiger partial charge in [0.25, 0.3) is 0 Å². The molecule has 0 aromatic carbocycles. The highest BCUT2D eigenvalue weighted by Gasteiger charge is 2.31. The van der Waals surface area contributed by atoms with Crippen molar-refractivity contribution in [2.24, 2.45) is 0 Å². The molecule has 2 N–H and O–H groups in total. The summed E-state index contributed by atoms with van der Waals surface area (Å²) in [6.45, 7) is 2.06. The molecule has 3 nitrogen and oxygen atoms in total. The molecule has 0 saturated carbocycles. The van der Waals surface area contributed by atoms with Gasteiger partial charge in [-0.1, -0.05) is 0 Å². The quantitative estimate of drug-likeness (QED) is 0.812. The van der Waals surface area contributed by atoms with Crippen molar-refractivity contribution in [3.05, 3.63) is 21.9 Å². The Kier molecular flexibility index (Phi) is 2.80. The van der Waals surface area contributed by atoms with Gasteiger partial charge in [-0.2, -0.15) is 0 Å². The van der Waals surface area contributed by atoms with E-state index in [4.69, 9.17) is 5.11 Å². The van der Waals surface area contributed by atoms with E-state index in [1.807, 2.05) is 5.38 Å². The number of aliphatic carboxylic acids is 1. The van der Waals surface area contributed by atoms with Crippen LogP contribution in [0.3, 0.4) is 0 Å². The molecule has 1 aliphatic heterocycles. The van der Waals surface area contributed by atoms with Crippen molar-refractivity contribution in [2.45, 2.75) is 18.3 Å². The van der Waals surface area contributed by atoms with E-state index in [2.05, 4.69) is 18.3 Å². The Balaban J connectivity index is 2.10. The summed E-state index contributed by atoms with van der Waals surface area (Å²) in [5, 5.41) is 14.1. The molecule has 2 rings (SSSR count). The first-order valence-electron chi connectivity index (χ1n) is 4.33. The maximum Gasteiger partial charge on any atom is 0.321 e. The number of thioether (sulfide) groups is 1. The summed E-state index contributed by atoms with van der Waals surface area (Å²) >= 11 is 3.35. The zero-order chi connectivity index (χ0) is 10.1. The van der Waals surface area contributed by atoms with Crippen molar-refractivity contribution in [3.8, 4) is 0 Å². The van der Waals surface area contributed by atoms with E-state index in [-0.39, 0.29) is 5.37 Å². The van der Waals surface area contributed by atoms with Gasteiger partial charge in [0.05, 0.1) is 5.37 Å². The van der Waals surface area contributed by atoms with Crippen molar-refractivity contribution in [1.29, 1.82) is 0 Å². The molecule has 2 heterocycles. The Hall–Kier alpha value is -0.520. The van der Waals surface area contributed by atoms with Gasteiger partial charge in [-0.3, -0.25) is 10.1 Å². The van der Waals surface area contributed by atoms with Crippen LogP contribution in [0.1, 0.15) is 15.8 Å². The fourth-order valence-electron chi connectivity index (χ4n) is 1.42. The maximum absolute atomic E-state index is 10.7. The second-order valence-electron chi connectivity index (χ2n) is 3.24. The van der Waals surface area contributed by atoms with Crippen molar-refractivity contribution >= 4 is 29.1 Å². The van der Waals surface area contributed by atoms with Crippen LogP contribution >= 0.6 is 23.1 Å². The van der Waals surface area contributed by atoms with Crippen LogP contribution in [-0.4, -0.2) is 22.9 Å². The molecule has 14 heavy (non-hydrogen) atoms. The molecule has 0 unspecified atom stereocenters. The van der Waals surface area contributed by atoms with Crippen LogP contribution in [0.4, 0.5) is 0 Å². The van der Waals surface area contributed by atoms with Crippen LogP contribution in [0.15, 0.2) is 11.4 Å². The molecule has 0 bridgehead atoms. The normalized spacial score (nSPS) is 26.6. The van der Waals surface area contributed by atoms with Gasteiger partial charge in [-0.05, 0) is 23.9 Å². The summed E-state index contributed by atoms with van der Waals surface area (Å²) in [5.41, 5.74) is 1.24. The first-order valence-corrected chi connectivity index (χ1v) is 6.26. The molecule has 1 aliphatic rings. The molecule has 0 aliphatic carbocycles. The smallest absolute Gasteiger partial charge is 0.321 e. The van der Waals surface area contributed by atoms with E-state index in [0.29, 0.717) is 5.75 Å². The van der Waals surface area contributed by atoms with Gasteiger partial charge in [-0.15, -0.1) is 23.1 Å². The van der Waals surface area contributed by atoms with Crippen LogP contribution < -0.4 is 5.32 Å². The minimum Gasteiger partial charge on any atom is -0.480 e. The third kappa shape index (κ3) is 1.80. The minimum absolute atomic E-state index is 0.163. The van der Waals surface area contributed by atoms with Crippen LogP contribution in [-0.2, 0) is 4.79 Å². The molecule has 0 spiro atoms. The molecule has 1 saturated heterocycles. The van der Waals surface area contributed by atoms with Gasteiger partial charge in [0, 0.05) is 10.6 Å². The molecule has 2 atom stereocenters. The SMILES string of the molecule is Cc1ccsc1[C@@H]1N[C@H](C(=O)O)CS1. The van der Waals surface area contributed by atoms with E-state index in [9.17, 15) is 4.79 Å². The summed E-state index contributed by atoms with van der Waals surface area (Å²) in [6, 6.07) is 1.67. The van der Waals surface area contributed by atoms with E-state index in [1.165, 1.54) is 10.4 Å². The Morgan fingerprint density at radius 2 is 2.50 bits per heavy atom. The van der Waals surface area contributed by atoms with Gasteiger partial charge in [0.1, 0.15) is 6.04 Å². The van der Waals surface area contributed by atoms with E-state index in [1.54, 1.807) is 23.1 Å². The Morgan fingerprint density at radius 1 is 1.71 bits per heavy atom. The average molecular weight is 229 g/mol. The lowest BCUT2D eigenvalue weighted by Gasteiger charge is -2.09. The largest absolute Gasteiger partial charge is 0.480 e. The highest BCUT2D eigenvalue weighted by molar-refractivity contribution is 7.99. The highest BCUT2D eigenvalue weighted by Crippen LogP contribution is 2.37. The topological polar surface area (TPSA) is 49.3 Å². The number of hydrogen-bond donors (Lipinski definition) is 2. The number of carbonyl (C=O) groups is 1. The third-order valence-electron chi connectivity index (χ3n) is 2.22.